The Hall–Kier alpha value is -1.02. The monoisotopic (exact) mass is 427 g/mol. The predicted octanol–water partition coefficient (Wildman–Crippen LogP) is 2.31. The Morgan fingerprint density at radius 3 is 2.00 bits per heavy atom. The number of amides is 1. The lowest BCUT2D eigenvalue weighted by atomic mass is 9.78. The van der Waals surface area contributed by atoms with Crippen molar-refractivity contribution in [3.05, 3.63) is 4.13 Å². The summed E-state index contributed by atoms with van der Waals surface area (Å²) in [7, 11) is -13.3. The van der Waals surface area contributed by atoms with E-state index in [0.29, 0.717) is 37.0 Å². The number of hydrogen-bond donors (Lipinski definition) is 0. The van der Waals surface area contributed by atoms with Gasteiger partial charge in [-0.3, -0.25) is 4.79 Å². The second-order valence-electron chi connectivity index (χ2n) is 6.24. The Labute approximate surface area is 147 Å². The molecule has 2 unspecified atom stereocenters. The number of carbonyl (C=O) groups excluding carboxylic acids is 1. The second kappa shape index (κ2) is 6.86. The first kappa shape index (κ1) is 21.3. The van der Waals surface area contributed by atoms with E-state index in [1.165, 1.54) is 4.13 Å². The molecule has 0 radical (unpaired) electrons. The van der Waals surface area contributed by atoms with Crippen LogP contribution >= 0.6 is 0 Å². The van der Waals surface area contributed by atoms with Crippen LogP contribution in [0, 0.1) is 5.92 Å². The highest BCUT2D eigenvalue weighted by molar-refractivity contribution is 8.13. The lowest BCUT2D eigenvalue weighted by Crippen LogP contribution is -2.56. The van der Waals surface area contributed by atoms with Gasteiger partial charge < -0.3 is 9.03 Å². The number of alkyl halides is 5. The summed E-state index contributed by atoms with van der Waals surface area (Å²) in [5, 5.41) is -5.41. The number of carbonyl (C=O) groups is 1. The van der Waals surface area contributed by atoms with Gasteiger partial charge in [0.2, 0.25) is 0 Å². The van der Waals surface area contributed by atoms with Gasteiger partial charge in [0.15, 0.2) is 20.0 Å². The number of rotatable bonds is 4. The quantitative estimate of drug-likeness (QED) is 0.641. The van der Waals surface area contributed by atoms with Crippen molar-refractivity contribution in [2.24, 2.45) is 5.92 Å². The third-order valence-corrected chi connectivity index (χ3v) is 7.54. The van der Waals surface area contributed by atoms with Crippen molar-refractivity contribution in [3.8, 4) is 0 Å². The van der Waals surface area contributed by atoms with Crippen molar-refractivity contribution >= 4 is 26.0 Å². The molecule has 26 heavy (non-hydrogen) atoms. The molecule has 0 spiro atoms. The average molecular weight is 427 g/mol. The molecule has 0 aromatic heterocycles. The van der Waals surface area contributed by atoms with Gasteiger partial charge in [-0.2, -0.15) is 22.0 Å². The number of fused-ring (bicyclic) bond motifs is 1. The van der Waals surface area contributed by atoms with E-state index in [1.807, 2.05) is 0 Å². The molecule has 14 heteroatoms. The Morgan fingerprint density at radius 2 is 1.42 bits per heavy atom. The van der Waals surface area contributed by atoms with Crippen LogP contribution in [0.3, 0.4) is 0 Å². The fourth-order valence-electron chi connectivity index (χ4n) is 3.37. The summed E-state index contributed by atoms with van der Waals surface area (Å²) in [4.78, 5) is 12.8. The number of nitrogens with zero attached hydrogens (tertiary/aromatic N) is 2. The van der Waals surface area contributed by atoms with Crippen molar-refractivity contribution < 1.29 is 43.6 Å². The molecule has 0 aromatic rings. The van der Waals surface area contributed by atoms with Crippen LogP contribution in [0.25, 0.3) is 4.13 Å². The van der Waals surface area contributed by atoms with Gasteiger partial charge in [-0.05, 0) is 31.6 Å². The molecular formula is C12H16F5N2O5S2-. The normalized spacial score (nSPS) is 25.7. The molecule has 2 fully saturated rings. The van der Waals surface area contributed by atoms with Crippen molar-refractivity contribution in [1.29, 1.82) is 0 Å². The number of sulfonamides is 2. The maximum Gasteiger partial charge on any atom is 0.480 e. The van der Waals surface area contributed by atoms with Crippen LogP contribution in [0.1, 0.15) is 38.5 Å². The lowest BCUT2D eigenvalue weighted by Gasteiger charge is -2.45. The Balaban J connectivity index is 2.28. The summed E-state index contributed by atoms with van der Waals surface area (Å²) in [6.07, 6.45) is 3.50. The van der Waals surface area contributed by atoms with Gasteiger partial charge in [0, 0.05) is 12.6 Å². The average Bonchev–Trinajstić information content (AvgIpc) is 2.51. The maximum absolute atomic E-state index is 14.2. The van der Waals surface area contributed by atoms with Crippen LogP contribution < -0.4 is 0 Å². The van der Waals surface area contributed by atoms with Crippen LogP contribution in [-0.4, -0.2) is 51.0 Å². The van der Waals surface area contributed by atoms with Gasteiger partial charge >= 0.3 is 16.7 Å². The maximum atomic E-state index is 14.2. The first-order valence-electron chi connectivity index (χ1n) is 7.70. The SMILES string of the molecule is O=C(N1CCCC2CCCCC21)C(F)(F)S(=O)(=O)[N-]S(=O)(=O)C(F)(F)F. The predicted molar refractivity (Wildman–Crippen MR) is 78.9 cm³/mol. The molecule has 2 rings (SSSR count). The van der Waals surface area contributed by atoms with Gasteiger partial charge in [0.1, 0.15) is 0 Å². The zero-order valence-corrected chi connectivity index (χ0v) is 14.9. The summed E-state index contributed by atoms with van der Waals surface area (Å²) >= 11 is 0. The first-order chi connectivity index (χ1) is 11.7. The molecule has 1 saturated heterocycles. The van der Waals surface area contributed by atoms with Crippen LogP contribution in [-0.2, 0) is 24.8 Å². The molecule has 2 aliphatic rings. The summed E-state index contributed by atoms with van der Waals surface area (Å²) in [5.74, 6) is -2.34. The van der Waals surface area contributed by atoms with Gasteiger partial charge in [-0.1, -0.05) is 12.8 Å². The summed E-state index contributed by atoms with van der Waals surface area (Å²) in [5.41, 5.74) is -6.18. The minimum atomic E-state index is -6.74. The standard InChI is InChI=1S/C12H16F5N2O5S2/c13-11(14,25(21,22)18-26(23,24)12(15,16)17)10(20)19-7-3-5-8-4-1-2-6-9(8)19/h8-9H,1-7H2/q-1. The third kappa shape index (κ3) is 3.81. The minimum absolute atomic E-state index is 0.101. The highest BCUT2D eigenvalue weighted by atomic mass is 32.3. The summed E-state index contributed by atoms with van der Waals surface area (Å²) in [6, 6.07) is -0.648. The molecule has 1 saturated carbocycles. The molecule has 1 aliphatic heterocycles. The molecule has 0 bridgehead atoms. The highest BCUT2D eigenvalue weighted by Crippen LogP contribution is 2.40. The molecule has 7 nitrogen and oxygen atoms in total. The smallest absolute Gasteiger partial charge is 0.423 e. The number of hydrogen-bond acceptors (Lipinski definition) is 5. The van der Waals surface area contributed by atoms with E-state index < -0.39 is 42.8 Å². The first-order valence-corrected chi connectivity index (χ1v) is 10.6. The van der Waals surface area contributed by atoms with E-state index >= 15 is 0 Å². The molecule has 2 atom stereocenters. The van der Waals surface area contributed by atoms with Crippen molar-refractivity contribution in [3.63, 3.8) is 0 Å². The molecule has 152 valence electrons. The topological polar surface area (TPSA) is 103 Å². The van der Waals surface area contributed by atoms with Gasteiger partial charge in [-0.15, -0.1) is 0 Å². The fraction of sp³-hybridized carbons (Fsp3) is 0.917. The van der Waals surface area contributed by atoms with Crippen molar-refractivity contribution in [2.75, 3.05) is 6.54 Å². The van der Waals surface area contributed by atoms with E-state index in [1.54, 1.807) is 0 Å². The largest absolute Gasteiger partial charge is 0.480 e. The minimum Gasteiger partial charge on any atom is -0.423 e. The van der Waals surface area contributed by atoms with Crippen LogP contribution in [0.5, 0.6) is 0 Å². The molecule has 1 aliphatic carbocycles. The van der Waals surface area contributed by atoms with Gasteiger partial charge in [0.05, 0.1) is 0 Å². The highest BCUT2D eigenvalue weighted by Gasteiger charge is 2.55. The lowest BCUT2D eigenvalue weighted by molar-refractivity contribution is -0.153. The molecule has 0 aromatic carbocycles. The number of likely N-dealkylation sites (tertiary alicyclic amines) is 1. The van der Waals surface area contributed by atoms with E-state index in [-0.39, 0.29) is 12.5 Å². The van der Waals surface area contributed by atoms with Crippen LogP contribution in [0.15, 0.2) is 0 Å². The van der Waals surface area contributed by atoms with E-state index in [4.69, 9.17) is 0 Å². The van der Waals surface area contributed by atoms with Gasteiger partial charge in [-0.25, -0.2) is 16.8 Å². The van der Waals surface area contributed by atoms with Crippen molar-refractivity contribution in [1.82, 2.24) is 4.90 Å². The molecule has 1 heterocycles. The zero-order chi connectivity index (χ0) is 20.0. The number of piperidine rings is 1. The van der Waals surface area contributed by atoms with E-state index in [9.17, 15) is 43.6 Å². The number of halogens is 5. The molecular weight excluding hydrogens is 411 g/mol. The Bertz CT molecular complexity index is 763. The molecule has 0 N–H and O–H groups in total. The molecule has 1 amide bonds. The summed E-state index contributed by atoms with van der Waals surface area (Å²) in [6.45, 7) is -0.183. The van der Waals surface area contributed by atoms with Gasteiger partial charge in [0.25, 0.3) is 0 Å². The van der Waals surface area contributed by atoms with Crippen LogP contribution in [0.2, 0.25) is 0 Å². The second-order valence-corrected chi connectivity index (χ2v) is 9.71. The Kier molecular flexibility index (Phi) is 5.61. The fourth-order valence-corrected chi connectivity index (χ4v) is 5.46. The van der Waals surface area contributed by atoms with Crippen LogP contribution in [0.4, 0.5) is 22.0 Å². The van der Waals surface area contributed by atoms with E-state index in [0.717, 1.165) is 6.42 Å². The Morgan fingerprint density at radius 1 is 0.885 bits per heavy atom. The van der Waals surface area contributed by atoms with Crippen molar-refractivity contribution in [2.45, 2.75) is 55.3 Å². The van der Waals surface area contributed by atoms with E-state index in [2.05, 4.69) is 0 Å². The zero-order valence-electron chi connectivity index (χ0n) is 13.2. The summed E-state index contributed by atoms with van der Waals surface area (Å²) < 4.78 is 111. The third-order valence-electron chi connectivity index (χ3n) is 4.57.